The van der Waals surface area contributed by atoms with Crippen LogP contribution in [0, 0.1) is 6.92 Å². The third-order valence-corrected chi connectivity index (χ3v) is 3.32. The number of methoxy groups -OCH3 is 1. The molecule has 4 N–H and O–H groups in total. The highest BCUT2D eigenvalue weighted by Crippen LogP contribution is 2.28. The number of rotatable bonds is 5. The van der Waals surface area contributed by atoms with Crippen LogP contribution in [0.4, 0.5) is 5.69 Å². The molecule has 8 heteroatoms. The van der Waals surface area contributed by atoms with Gasteiger partial charge in [-0.3, -0.25) is 9.59 Å². The molecule has 0 unspecified atom stereocenters. The normalized spacial score (nSPS) is 9.84. The lowest BCUT2D eigenvalue weighted by Gasteiger charge is -2.08. The molecule has 0 spiro atoms. The fourth-order valence-corrected chi connectivity index (χ4v) is 2.20. The molecule has 0 aromatic carbocycles. The third kappa shape index (κ3) is 4.04. The molecule has 0 saturated heterocycles. The minimum atomic E-state index is -0.514. The highest BCUT2D eigenvalue weighted by molar-refractivity contribution is 7.12. The summed E-state index contributed by atoms with van der Waals surface area (Å²) in [5.41, 5.74) is 6.26. The molecule has 1 aromatic rings. The first-order valence-electron chi connectivity index (χ1n) is 5.42. The van der Waals surface area contributed by atoms with Crippen molar-refractivity contribution in [2.24, 2.45) is 5.73 Å². The second kappa shape index (κ2) is 6.86. The molecule has 0 radical (unpaired) electrons. The number of hydrogen-bond acceptors (Lipinski definition) is 6. The molecule has 19 heavy (non-hydrogen) atoms. The van der Waals surface area contributed by atoms with Gasteiger partial charge in [0, 0.05) is 0 Å². The van der Waals surface area contributed by atoms with E-state index in [2.05, 4.69) is 15.4 Å². The maximum atomic E-state index is 11.6. The fraction of sp³-hybridized carbons (Fsp3) is 0.364. The van der Waals surface area contributed by atoms with E-state index in [1.807, 2.05) is 0 Å². The summed E-state index contributed by atoms with van der Waals surface area (Å²) < 4.78 is 4.62. The Hall–Kier alpha value is -1.93. The van der Waals surface area contributed by atoms with Crippen LogP contribution >= 0.6 is 11.3 Å². The Morgan fingerprint density at radius 2 is 2.05 bits per heavy atom. The molecular weight excluding hydrogens is 270 g/mol. The highest BCUT2D eigenvalue weighted by Gasteiger charge is 2.18. The molecular formula is C11H15N3O4S. The molecule has 7 nitrogen and oxygen atoms in total. The number of amides is 2. The van der Waals surface area contributed by atoms with Crippen LogP contribution in [0.2, 0.25) is 0 Å². The Morgan fingerprint density at radius 3 is 2.63 bits per heavy atom. The zero-order valence-corrected chi connectivity index (χ0v) is 11.4. The number of nitrogens with one attached hydrogen (secondary N) is 2. The molecule has 0 atom stereocenters. The number of esters is 1. The van der Waals surface area contributed by atoms with E-state index in [0.717, 1.165) is 5.56 Å². The monoisotopic (exact) mass is 285 g/mol. The molecule has 0 bridgehead atoms. The van der Waals surface area contributed by atoms with Crippen LogP contribution in [0.1, 0.15) is 15.2 Å². The van der Waals surface area contributed by atoms with E-state index in [1.54, 1.807) is 12.3 Å². The minimum Gasteiger partial charge on any atom is -0.465 e. The van der Waals surface area contributed by atoms with Crippen LogP contribution in [-0.4, -0.2) is 38.0 Å². The van der Waals surface area contributed by atoms with Gasteiger partial charge in [0.05, 0.1) is 25.9 Å². The van der Waals surface area contributed by atoms with Crippen molar-refractivity contribution in [2.75, 3.05) is 25.5 Å². The number of carbonyl (C=O) groups excluding carboxylic acids is 3. The van der Waals surface area contributed by atoms with Crippen molar-refractivity contribution >= 4 is 34.8 Å². The number of thiophene rings is 1. The average Bonchev–Trinajstić information content (AvgIpc) is 2.76. The van der Waals surface area contributed by atoms with E-state index < -0.39 is 17.8 Å². The van der Waals surface area contributed by atoms with Crippen molar-refractivity contribution in [3.05, 3.63) is 15.8 Å². The number of aryl methyl sites for hydroxylation is 1. The lowest BCUT2D eigenvalue weighted by molar-refractivity contribution is -0.123. The molecule has 0 aliphatic rings. The molecule has 1 heterocycles. The van der Waals surface area contributed by atoms with E-state index >= 15 is 0 Å². The molecule has 2 amide bonds. The third-order valence-electron chi connectivity index (χ3n) is 2.24. The van der Waals surface area contributed by atoms with Gasteiger partial charge in [-0.05, 0) is 17.9 Å². The zero-order valence-electron chi connectivity index (χ0n) is 10.6. The van der Waals surface area contributed by atoms with Crippen LogP contribution in [0.25, 0.3) is 0 Å². The quantitative estimate of drug-likeness (QED) is 0.652. The van der Waals surface area contributed by atoms with Crippen LogP contribution in [0.5, 0.6) is 0 Å². The molecule has 104 valence electrons. The van der Waals surface area contributed by atoms with E-state index in [0.29, 0.717) is 10.6 Å². The van der Waals surface area contributed by atoms with Gasteiger partial charge in [-0.2, -0.15) is 0 Å². The van der Waals surface area contributed by atoms with Gasteiger partial charge in [0.2, 0.25) is 11.8 Å². The maximum absolute atomic E-state index is 11.6. The average molecular weight is 285 g/mol. The van der Waals surface area contributed by atoms with Crippen molar-refractivity contribution in [3.8, 4) is 0 Å². The van der Waals surface area contributed by atoms with E-state index in [9.17, 15) is 14.4 Å². The molecule has 0 aliphatic carbocycles. The maximum Gasteiger partial charge on any atom is 0.350 e. The van der Waals surface area contributed by atoms with Crippen LogP contribution in [0.15, 0.2) is 5.38 Å². The van der Waals surface area contributed by atoms with Gasteiger partial charge in [-0.25, -0.2) is 4.79 Å². The standard InChI is InChI=1S/C11H15N3O4S/c1-6-5-19-10(11(17)18-2)9(6)14-8(16)4-13-7(15)3-12/h5H,3-4,12H2,1-2H3,(H,13,15)(H,14,16). The van der Waals surface area contributed by atoms with E-state index in [1.165, 1.54) is 18.4 Å². The predicted molar refractivity (Wildman–Crippen MR) is 71.1 cm³/mol. The topological polar surface area (TPSA) is 111 Å². The van der Waals surface area contributed by atoms with Gasteiger partial charge in [-0.1, -0.05) is 0 Å². The first-order valence-corrected chi connectivity index (χ1v) is 6.30. The first-order chi connectivity index (χ1) is 8.99. The van der Waals surface area contributed by atoms with Gasteiger partial charge >= 0.3 is 5.97 Å². The summed E-state index contributed by atoms with van der Waals surface area (Å²) in [6, 6.07) is 0. The lowest BCUT2D eigenvalue weighted by Crippen LogP contribution is -2.36. The SMILES string of the molecule is COC(=O)c1scc(C)c1NC(=O)CNC(=O)CN. The predicted octanol–water partition coefficient (Wildman–Crippen LogP) is -0.143. The fourth-order valence-electron chi connectivity index (χ4n) is 1.28. The summed E-state index contributed by atoms with van der Waals surface area (Å²) in [5, 5.41) is 6.64. The van der Waals surface area contributed by atoms with E-state index in [4.69, 9.17) is 5.73 Å². The second-order valence-corrected chi connectivity index (χ2v) is 4.52. The number of carbonyl (C=O) groups is 3. The summed E-state index contributed by atoms with van der Waals surface area (Å²) in [7, 11) is 1.27. The van der Waals surface area contributed by atoms with Gasteiger partial charge in [-0.15, -0.1) is 11.3 Å². The Morgan fingerprint density at radius 1 is 1.37 bits per heavy atom. The van der Waals surface area contributed by atoms with Crippen molar-refractivity contribution in [1.82, 2.24) is 5.32 Å². The number of nitrogens with two attached hydrogens (primary N) is 1. The Labute approximate surface area is 114 Å². The summed E-state index contributed by atoms with van der Waals surface area (Å²) in [4.78, 5) is 34.4. The van der Waals surface area contributed by atoms with Gasteiger partial charge in [0.15, 0.2) is 0 Å². The largest absolute Gasteiger partial charge is 0.465 e. The van der Waals surface area contributed by atoms with Crippen LogP contribution < -0.4 is 16.4 Å². The van der Waals surface area contributed by atoms with Crippen LogP contribution in [0.3, 0.4) is 0 Å². The smallest absolute Gasteiger partial charge is 0.350 e. The second-order valence-electron chi connectivity index (χ2n) is 3.64. The summed E-state index contributed by atoms with van der Waals surface area (Å²) in [6.07, 6.45) is 0. The molecule has 1 aromatic heterocycles. The lowest BCUT2D eigenvalue weighted by atomic mass is 10.2. The van der Waals surface area contributed by atoms with Gasteiger partial charge < -0.3 is 21.1 Å². The summed E-state index contributed by atoms with van der Waals surface area (Å²) in [6.45, 7) is 1.38. The van der Waals surface area contributed by atoms with E-state index in [-0.39, 0.29) is 13.1 Å². The first kappa shape index (κ1) is 15.1. The number of anilines is 1. The van der Waals surface area contributed by atoms with Crippen molar-refractivity contribution in [1.29, 1.82) is 0 Å². The number of ether oxygens (including phenoxy) is 1. The highest BCUT2D eigenvalue weighted by atomic mass is 32.1. The molecule has 1 rings (SSSR count). The van der Waals surface area contributed by atoms with Crippen LogP contribution in [-0.2, 0) is 14.3 Å². The summed E-state index contributed by atoms with van der Waals surface area (Å²) >= 11 is 1.18. The van der Waals surface area contributed by atoms with Crippen molar-refractivity contribution < 1.29 is 19.1 Å². The Kier molecular flexibility index (Phi) is 5.46. The Balaban J connectivity index is 2.71. The van der Waals surface area contributed by atoms with Gasteiger partial charge in [0.1, 0.15) is 4.88 Å². The van der Waals surface area contributed by atoms with Gasteiger partial charge in [0.25, 0.3) is 0 Å². The summed E-state index contributed by atoms with van der Waals surface area (Å²) in [5.74, 6) is -1.38. The molecule has 0 aliphatic heterocycles. The number of hydrogen-bond donors (Lipinski definition) is 3. The molecule has 0 saturated carbocycles. The minimum absolute atomic E-state index is 0.182. The van der Waals surface area contributed by atoms with Crippen molar-refractivity contribution in [3.63, 3.8) is 0 Å². The Bertz CT molecular complexity index is 498. The van der Waals surface area contributed by atoms with Crippen molar-refractivity contribution in [2.45, 2.75) is 6.92 Å². The molecule has 0 fully saturated rings. The zero-order chi connectivity index (χ0) is 14.4.